The van der Waals surface area contributed by atoms with Crippen LogP contribution < -0.4 is 16.6 Å². The Kier molecular flexibility index (Phi) is 5.06. The van der Waals surface area contributed by atoms with Gasteiger partial charge in [0.05, 0.1) is 11.6 Å². The standard InChI is InChI=1S/C14H19F3N4/c15-14(16,17)10-6-8-12(9-7-10)20-13(21-18)19-11-4-2-1-3-5-11/h6-9,11H,1-5,18H2,(H2,19,20,21). The molecule has 1 aliphatic carbocycles. The molecule has 0 amide bonds. The molecule has 0 bridgehead atoms. The Morgan fingerprint density at radius 2 is 1.71 bits per heavy atom. The Bertz CT molecular complexity index is 476. The second-order valence-electron chi connectivity index (χ2n) is 5.11. The molecule has 21 heavy (non-hydrogen) atoms. The van der Waals surface area contributed by atoms with Crippen LogP contribution in [0, 0.1) is 0 Å². The summed E-state index contributed by atoms with van der Waals surface area (Å²) in [4.78, 5) is 4.47. The van der Waals surface area contributed by atoms with Crippen LogP contribution in [0.3, 0.4) is 0 Å². The van der Waals surface area contributed by atoms with Crippen molar-refractivity contribution in [3.05, 3.63) is 29.8 Å². The summed E-state index contributed by atoms with van der Waals surface area (Å²) in [7, 11) is 0. The number of benzene rings is 1. The molecule has 0 aliphatic heterocycles. The summed E-state index contributed by atoms with van der Waals surface area (Å²) in [6.07, 6.45) is 1.21. The van der Waals surface area contributed by atoms with Gasteiger partial charge in [-0.2, -0.15) is 13.2 Å². The molecule has 1 saturated carbocycles. The minimum atomic E-state index is -4.33. The fourth-order valence-corrected chi connectivity index (χ4v) is 2.38. The van der Waals surface area contributed by atoms with Crippen molar-refractivity contribution in [2.75, 3.05) is 5.32 Å². The number of nitrogens with one attached hydrogen (secondary N) is 2. The molecule has 0 unspecified atom stereocenters. The van der Waals surface area contributed by atoms with Gasteiger partial charge in [0.2, 0.25) is 5.96 Å². The number of aliphatic imine (C=N–C) groups is 1. The van der Waals surface area contributed by atoms with Crippen molar-refractivity contribution in [3.63, 3.8) is 0 Å². The van der Waals surface area contributed by atoms with E-state index in [2.05, 4.69) is 15.7 Å². The predicted molar refractivity (Wildman–Crippen MR) is 76.7 cm³/mol. The number of rotatable bonds is 2. The molecule has 0 heterocycles. The molecule has 1 fully saturated rings. The molecule has 0 atom stereocenters. The predicted octanol–water partition coefficient (Wildman–Crippen LogP) is 3.27. The van der Waals surface area contributed by atoms with Crippen molar-refractivity contribution in [3.8, 4) is 0 Å². The number of alkyl halides is 3. The highest BCUT2D eigenvalue weighted by Crippen LogP contribution is 2.29. The molecule has 7 heteroatoms. The van der Waals surface area contributed by atoms with Crippen LogP contribution in [-0.4, -0.2) is 12.0 Å². The summed E-state index contributed by atoms with van der Waals surface area (Å²) in [5.74, 6) is 5.79. The lowest BCUT2D eigenvalue weighted by Crippen LogP contribution is -2.37. The number of hydrazine groups is 1. The summed E-state index contributed by atoms with van der Waals surface area (Å²) >= 11 is 0. The van der Waals surface area contributed by atoms with Gasteiger partial charge >= 0.3 is 6.18 Å². The Balaban J connectivity index is 2.02. The number of nitrogens with zero attached hydrogens (tertiary/aromatic N) is 1. The second-order valence-corrected chi connectivity index (χ2v) is 5.11. The summed E-state index contributed by atoms with van der Waals surface area (Å²) in [5.41, 5.74) is 2.29. The largest absolute Gasteiger partial charge is 0.416 e. The first kappa shape index (κ1) is 15.6. The first-order chi connectivity index (χ1) is 9.99. The van der Waals surface area contributed by atoms with Gasteiger partial charge in [0, 0.05) is 5.69 Å². The van der Waals surface area contributed by atoms with E-state index in [0.717, 1.165) is 37.8 Å². The quantitative estimate of drug-likeness (QED) is 0.340. The van der Waals surface area contributed by atoms with Gasteiger partial charge in [-0.05, 0) is 37.1 Å². The Morgan fingerprint density at radius 3 is 2.24 bits per heavy atom. The molecule has 1 aromatic carbocycles. The van der Waals surface area contributed by atoms with Crippen molar-refractivity contribution in [2.45, 2.75) is 44.3 Å². The zero-order valence-corrected chi connectivity index (χ0v) is 11.6. The van der Waals surface area contributed by atoms with Crippen molar-refractivity contribution < 1.29 is 13.2 Å². The Hall–Kier alpha value is -1.76. The first-order valence-electron chi connectivity index (χ1n) is 6.98. The van der Waals surface area contributed by atoms with Crippen LogP contribution in [0.1, 0.15) is 37.7 Å². The number of hydrogen-bond donors (Lipinski definition) is 3. The van der Waals surface area contributed by atoms with E-state index in [1.807, 2.05) is 0 Å². The molecule has 116 valence electrons. The van der Waals surface area contributed by atoms with Gasteiger partial charge in [-0.25, -0.2) is 10.8 Å². The molecular formula is C14H19F3N4. The molecule has 4 nitrogen and oxygen atoms in total. The molecule has 0 saturated heterocycles. The zero-order chi connectivity index (χ0) is 15.3. The first-order valence-corrected chi connectivity index (χ1v) is 6.98. The number of hydrogen-bond acceptors (Lipinski definition) is 2. The van der Waals surface area contributed by atoms with E-state index in [1.54, 1.807) is 0 Å². The monoisotopic (exact) mass is 300 g/mol. The third kappa shape index (κ3) is 4.63. The fourth-order valence-electron chi connectivity index (χ4n) is 2.38. The smallest absolute Gasteiger partial charge is 0.325 e. The third-order valence-corrected chi connectivity index (χ3v) is 3.50. The van der Waals surface area contributed by atoms with Gasteiger partial charge < -0.3 is 5.32 Å². The van der Waals surface area contributed by atoms with Crippen LogP contribution in [0.15, 0.2) is 29.3 Å². The highest BCUT2D eigenvalue weighted by atomic mass is 19.4. The topological polar surface area (TPSA) is 62.4 Å². The van der Waals surface area contributed by atoms with Gasteiger partial charge in [0.1, 0.15) is 0 Å². The second kappa shape index (κ2) is 6.80. The normalized spacial score (nSPS) is 17.6. The van der Waals surface area contributed by atoms with E-state index in [-0.39, 0.29) is 6.04 Å². The lowest BCUT2D eigenvalue weighted by atomic mass is 9.96. The minimum absolute atomic E-state index is 0.215. The zero-order valence-electron chi connectivity index (χ0n) is 11.6. The number of nitrogens with two attached hydrogens (primary N) is 1. The average molecular weight is 300 g/mol. The highest BCUT2D eigenvalue weighted by molar-refractivity contribution is 5.93. The van der Waals surface area contributed by atoms with E-state index in [9.17, 15) is 13.2 Å². The van der Waals surface area contributed by atoms with Gasteiger partial charge in [-0.1, -0.05) is 19.3 Å². The summed E-state index contributed by atoms with van der Waals surface area (Å²) in [5, 5.41) is 2.90. The van der Waals surface area contributed by atoms with Gasteiger partial charge in [0.25, 0.3) is 0 Å². The number of anilines is 1. The lowest BCUT2D eigenvalue weighted by molar-refractivity contribution is -0.137. The van der Waals surface area contributed by atoms with Crippen LogP contribution in [0.2, 0.25) is 0 Å². The van der Waals surface area contributed by atoms with Crippen molar-refractivity contribution in [1.29, 1.82) is 0 Å². The van der Waals surface area contributed by atoms with Crippen molar-refractivity contribution in [1.82, 2.24) is 5.43 Å². The number of guanidine groups is 1. The molecular weight excluding hydrogens is 281 g/mol. The number of halogens is 3. The van der Waals surface area contributed by atoms with E-state index >= 15 is 0 Å². The lowest BCUT2D eigenvalue weighted by Gasteiger charge is -2.19. The van der Waals surface area contributed by atoms with E-state index in [1.165, 1.54) is 18.6 Å². The molecule has 0 radical (unpaired) electrons. The third-order valence-electron chi connectivity index (χ3n) is 3.50. The molecule has 1 aromatic rings. The van der Waals surface area contributed by atoms with Gasteiger partial charge in [0.15, 0.2) is 0 Å². The van der Waals surface area contributed by atoms with E-state index < -0.39 is 11.7 Å². The maximum Gasteiger partial charge on any atom is 0.416 e. The molecule has 0 aromatic heterocycles. The van der Waals surface area contributed by atoms with Crippen LogP contribution in [0.4, 0.5) is 18.9 Å². The van der Waals surface area contributed by atoms with Crippen LogP contribution in [-0.2, 0) is 6.18 Å². The maximum atomic E-state index is 12.5. The maximum absolute atomic E-state index is 12.5. The summed E-state index contributed by atoms with van der Waals surface area (Å²) < 4.78 is 37.4. The summed E-state index contributed by atoms with van der Waals surface area (Å²) in [6, 6.07) is 4.98. The van der Waals surface area contributed by atoms with Crippen LogP contribution in [0.5, 0.6) is 0 Å². The minimum Gasteiger partial charge on any atom is -0.325 e. The van der Waals surface area contributed by atoms with Crippen molar-refractivity contribution in [2.24, 2.45) is 10.8 Å². The summed E-state index contributed by atoms with van der Waals surface area (Å²) in [6.45, 7) is 0. The molecule has 1 aliphatic rings. The van der Waals surface area contributed by atoms with Gasteiger partial charge in [-0.15, -0.1) is 0 Å². The van der Waals surface area contributed by atoms with E-state index in [0.29, 0.717) is 11.6 Å². The van der Waals surface area contributed by atoms with Crippen LogP contribution in [0.25, 0.3) is 0 Å². The Morgan fingerprint density at radius 1 is 1.10 bits per heavy atom. The Labute approximate surface area is 121 Å². The van der Waals surface area contributed by atoms with Crippen LogP contribution >= 0.6 is 0 Å². The highest BCUT2D eigenvalue weighted by Gasteiger charge is 2.29. The average Bonchev–Trinajstić information content (AvgIpc) is 2.47. The van der Waals surface area contributed by atoms with E-state index in [4.69, 9.17) is 5.84 Å². The SMILES string of the molecule is NNC(=NC1CCCCC1)Nc1ccc(C(F)(F)F)cc1. The van der Waals surface area contributed by atoms with Crippen molar-refractivity contribution >= 4 is 11.6 Å². The van der Waals surface area contributed by atoms with Gasteiger partial charge in [-0.3, -0.25) is 5.43 Å². The fraction of sp³-hybridized carbons (Fsp3) is 0.500. The molecule has 4 N–H and O–H groups in total. The molecule has 2 rings (SSSR count). The molecule has 0 spiro atoms.